The number of rotatable bonds is 5. The SMILES string of the molecule is N#CCN(c1c(C#N)c(=O)n(Cc2ccc(F)cc2)c2ccccc12)C1CCNCC1. The summed E-state index contributed by atoms with van der Waals surface area (Å²) in [6.45, 7) is 1.98. The summed E-state index contributed by atoms with van der Waals surface area (Å²) in [6.07, 6.45) is 1.67. The molecule has 0 spiro atoms. The molecule has 31 heavy (non-hydrogen) atoms. The molecule has 0 bridgehead atoms. The minimum atomic E-state index is -0.405. The van der Waals surface area contributed by atoms with E-state index in [0.717, 1.165) is 36.9 Å². The van der Waals surface area contributed by atoms with E-state index < -0.39 is 5.56 Å². The number of hydrogen-bond acceptors (Lipinski definition) is 5. The van der Waals surface area contributed by atoms with Gasteiger partial charge in [-0.3, -0.25) is 4.79 Å². The molecule has 0 unspecified atom stereocenters. The number of fused-ring (bicyclic) bond motifs is 1. The third-order valence-corrected chi connectivity index (χ3v) is 5.79. The number of nitriles is 2. The standard InChI is InChI=1S/C24H22FN5O/c25-18-7-5-17(6-8-18)16-30-22-4-2-1-3-20(22)23(21(15-27)24(30)31)29(14-11-26)19-9-12-28-13-10-19/h1-8,19,28H,9-10,12-14,16H2. The minimum absolute atomic E-state index is 0.0367. The Morgan fingerprint density at radius 3 is 2.48 bits per heavy atom. The fourth-order valence-corrected chi connectivity index (χ4v) is 4.30. The van der Waals surface area contributed by atoms with Gasteiger partial charge in [0.05, 0.1) is 23.8 Å². The number of benzene rings is 2. The summed E-state index contributed by atoms with van der Waals surface area (Å²) in [5.41, 5.74) is 1.61. The summed E-state index contributed by atoms with van der Waals surface area (Å²) in [5, 5.41) is 23.5. The van der Waals surface area contributed by atoms with E-state index in [1.807, 2.05) is 29.2 Å². The summed E-state index contributed by atoms with van der Waals surface area (Å²) < 4.78 is 14.9. The summed E-state index contributed by atoms with van der Waals surface area (Å²) >= 11 is 0. The fraction of sp³-hybridized carbons (Fsp3) is 0.292. The summed E-state index contributed by atoms with van der Waals surface area (Å²) in [4.78, 5) is 15.4. The molecule has 0 aliphatic carbocycles. The maximum Gasteiger partial charge on any atom is 0.271 e. The van der Waals surface area contributed by atoms with Crippen molar-refractivity contribution in [3.63, 3.8) is 0 Å². The number of halogens is 1. The van der Waals surface area contributed by atoms with Crippen molar-refractivity contribution in [1.29, 1.82) is 10.5 Å². The molecule has 1 fully saturated rings. The van der Waals surface area contributed by atoms with Gasteiger partial charge in [-0.2, -0.15) is 10.5 Å². The zero-order chi connectivity index (χ0) is 21.8. The number of aromatic nitrogens is 1. The molecule has 1 aromatic heterocycles. The Morgan fingerprint density at radius 2 is 1.81 bits per heavy atom. The van der Waals surface area contributed by atoms with Gasteiger partial charge in [0.25, 0.3) is 5.56 Å². The average molecular weight is 415 g/mol. The van der Waals surface area contributed by atoms with Crippen LogP contribution in [-0.2, 0) is 6.54 Å². The van der Waals surface area contributed by atoms with Gasteiger partial charge in [-0.15, -0.1) is 0 Å². The van der Waals surface area contributed by atoms with Crippen LogP contribution in [0.15, 0.2) is 53.3 Å². The molecule has 1 aliphatic heterocycles. The lowest BCUT2D eigenvalue weighted by Crippen LogP contribution is -2.44. The van der Waals surface area contributed by atoms with E-state index in [2.05, 4.69) is 17.5 Å². The van der Waals surface area contributed by atoms with Crippen molar-refractivity contribution in [2.45, 2.75) is 25.4 Å². The molecule has 4 rings (SSSR count). The van der Waals surface area contributed by atoms with Crippen molar-refractivity contribution in [1.82, 2.24) is 9.88 Å². The molecule has 0 amide bonds. The maximum atomic E-state index is 13.4. The van der Waals surface area contributed by atoms with Gasteiger partial charge in [-0.25, -0.2) is 4.39 Å². The molecule has 1 saturated heterocycles. The van der Waals surface area contributed by atoms with Gasteiger partial charge in [0.2, 0.25) is 0 Å². The number of hydrogen-bond donors (Lipinski definition) is 1. The third kappa shape index (κ3) is 4.01. The largest absolute Gasteiger partial charge is 0.353 e. The lowest BCUT2D eigenvalue weighted by molar-refractivity contribution is 0.438. The molecule has 1 N–H and O–H groups in total. The average Bonchev–Trinajstić information content (AvgIpc) is 2.81. The van der Waals surface area contributed by atoms with Crippen molar-refractivity contribution < 1.29 is 4.39 Å². The van der Waals surface area contributed by atoms with Crippen molar-refractivity contribution in [3.05, 3.63) is 75.8 Å². The molecule has 0 saturated carbocycles. The van der Waals surface area contributed by atoms with Crippen LogP contribution in [0, 0.1) is 28.5 Å². The van der Waals surface area contributed by atoms with Crippen LogP contribution in [0.3, 0.4) is 0 Å². The number of nitrogens with zero attached hydrogens (tertiary/aromatic N) is 4. The number of piperidine rings is 1. The van der Waals surface area contributed by atoms with Crippen LogP contribution in [-0.4, -0.2) is 30.2 Å². The Morgan fingerprint density at radius 1 is 1.10 bits per heavy atom. The molecule has 7 heteroatoms. The van der Waals surface area contributed by atoms with Gasteiger partial charge < -0.3 is 14.8 Å². The normalized spacial score (nSPS) is 14.2. The van der Waals surface area contributed by atoms with Crippen molar-refractivity contribution in [3.8, 4) is 12.1 Å². The quantitative estimate of drug-likeness (QED) is 0.647. The third-order valence-electron chi connectivity index (χ3n) is 5.79. The van der Waals surface area contributed by atoms with E-state index in [1.165, 1.54) is 12.1 Å². The van der Waals surface area contributed by atoms with Crippen LogP contribution in [0.1, 0.15) is 24.0 Å². The lowest BCUT2D eigenvalue weighted by atomic mass is 10.0. The summed E-state index contributed by atoms with van der Waals surface area (Å²) in [7, 11) is 0. The lowest BCUT2D eigenvalue weighted by Gasteiger charge is -2.36. The second-order valence-corrected chi connectivity index (χ2v) is 7.64. The fourth-order valence-electron chi connectivity index (χ4n) is 4.30. The first-order valence-corrected chi connectivity index (χ1v) is 10.3. The minimum Gasteiger partial charge on any atom is -0.353 e. The number of pyridine rings is 1. The van der Waals surface area contributed by atoms with Crippen molar-refractivity contribution in [2.75, 3.05) is 24.5 Å². The first kappa shape index (κ1) is 20.6. The highest BCUT2D eigenvalue weighted by atomic mass is 19.1. The Balaban J connectivity index is 1.93. The van der Waals surface area contributed by atoms with Gasteiger partial charge in [-0.05, 0) is 49.7 Å². The molecule has 6 nitrogen and oxygen atoms in total. The first-order chi connectivity index (χ1) is 15.1. The van der Waals surface area contributed by atoms with E-state index in [0.29, 0.717) is 11.2 Å². The molecule has 1 aliphatic rings. The number of nitrogens with one attached hydrogen (secondary N) is 1. The molecule has 0 radical (unpaired) electrons. The van der Waals surface area contributed by atoms with E-state index in [1.54, 1.807) is 16.7 Å². The van der Waals surface area contributed by atoms with Crippen molar-refractivity contribution in [2.24, 2.45) is 0 Å². The Kier molecular flexibility index (Phi) is 5.97. The highest BCUT2D eigenvalue weighted by Gasteiger charge is 2.27. The van der Waals surface area contributed by atoms with E-state index >= 15 is 0 Å². The van der Waals surface area contributed by atoms with Gasteiger partial charge >= 0.3 is 0 Å². The molecule has 156 valence electrons. The van der Waals surface area contributed by atoms with Gasteiger partial charge in [0.15, 0.2) is 0 Å². The summed E-state index contributed by atoms with van der Waals surface area (Å²) in [5.74, 6) is -0.344. The molecule has 2 heterocycles. The van der Waals surface area contributed by atoms with Crippen molar-refractivity contribution >= 4 is 16.6 Å². The van der Waals surface area contributed by atoms with Gasteiger partial charge in [0.1, 0.15) is 24.0 Å². The van der Waals surface area contributed by atoms with Crippen LogP contribution >= 0.6 is 0 Å². The first-order valence-electron chi connectivity index (χ1n) is 10.3. The van der Waals surface area contributed by atoms with E-state index in [9.17, 15) is 19.7 Å². The Labute approximate surface area is 179 Å². The van der Waals surface area contributed by atoms with Crippen LogP contribution in [0.4, 0.5) is 10.1 Å². The van der Waals surface area contributed by atoms with Gasteiger partial charge in [-0.1, -0.05) is 30.3 Å². The second kappa shape index (κ2) is 8.99. The topological polar surface area (TPSA) is 84.8 Å². The molecule has 0 atom stereocenters. The maximum absolute atomic E-state index is 13.4. The zero-order valence-corrected chi connectivity index (χ0v) is 17.0. The molecular weight excluding hydrogens is 393 g/mol. The number of para-hydroxylation sites is 1. The van der Waals surface area contributed by atoms with Crippen LogP contribution < -0.4 is 15.8 Å². The van der Waals surface area contributed by atoms with E-state index in [4.69, 9.17) is 0 Å². The Hall–Kier alpha value is -3.68. The predicted molar refractivity (Wildman–Crippen MR) is 117 cm³/mol. The van der Waals surface area contributed by atoms with Gasteiger partial charge in [0, 0.05) is 11.4 Å². The highest BCUT2D eigenvalue weighted by molar-refractivity contribution is 5.95. The number of anilines is 1. The van der Waals surface area contributed by atoms with E-state index in [-0.39, 0.29) is 30.5 Å². The highest BCUT2D eigenvalue weighted by Crippen LogP contribution is 2.32. The summed E-state index contributed by atoms with van der Waals surface area (Å²) in [6, 6.07) is 17.8. The van der Waals surface area contributed by atoms with Crippen LogP contribution in [0.2, 0.25) is 0 Å². The molecule has 3 aromatic rings. The second-order valence-electron chi connectivity index (χ2n) is 7.64. The molecular formula is C24H22FN5O. The van der Waals surface area contributed by atoms with Crippen LogP contribution in [0.5, 0.6) is 0 Å². The Bertz CT molecular complexity index is 1230. The smallest absolute Gasteiger partial charge is 0.271 e. The monoisotopic (exact) mass is 415 g/mol. The molecule has 2 aromatic carbocycles. The zero-order valence-electron chi connectivity index (χ0n) is 17.0. The predicted octanol–water partition coefficient (Wildman–Crippen LogP) is 3.14. The van der Waals surface area contributed by atoms with Crippen LogP contribution in [0.25, 0.3) is 10.9 Å².